The van der Waals surface area contributed by atoms with Gasteiger partial charge in [0.1, 0.15) is 11.4 Å². The van der Waals surface area contributed by atoms with E-state index in [-0.39, 0.29) is 37.1 Å². The maximum Gasteiger partial charge on any atom is 0.293 e. The van der Waals surface area contributed by atoms with Gasteiger partial charge in [-0.2, -0.15) is 0 Å². The van der Waals surface area contributed by atoms with Gasteiger partial charge in [0.2, 0.25) is 5.82 Å². The van der Waals surface area contributed by atoms with Crippen LogP contribution in [0.15, 0.2) is 34.7 Å². The third-order valence-electron chi connectivity index (χ3n) is 5.58. The minimum Gasteiger partial charge on any atom is -0.451 e. The molecule has 2 heterocycles. The van der Waals surface area contributed by atoms with E-state index < -0.39 is 40.7 Å². The number of hydrogen-bond acceptors (Lipinski definition) is 4. The SMILES string of the molecule is Cc1ccc(-c2ccc(C(=O)NC(=S)N3CCN(c4c(F)c(F)c(F)c(F)c4F)CC3)o2)cc1Cl. The number of nitrogens with one attached hydrogen (secondary N) is 1. The summed E-state index contributed by atoms with van der Waals surface area (Å²) >= 11 is 11.4. The van der Waals surface area contributed by atoms with Crippen molar-refractivity contribution in [2.45, 2.75) is 6.92 Å². The first-order valence-electron chi connectivity index (χ1n) is 10.3. The molecule has 0 unspecified atom stereocenters. The number of amides is 1. The number of furan rings is 1. The predicted molar refractivity (Wildman–Crippen MR) is 124 cm³/mol. The lowest BCUT2D eigenvalue weighted by Gasteiger charge is -2.37. The molecule has 0 saturated carbocycles. The Hall–Kier alpha value is -3.18. The van der Waals surface area contributed by atoms with Crippen LogP contribution >= 0.6 is 23.8 Å². The van der Waals surface area contributed by atoms with Crippen molar-refractivity contribution >= 4 is 40.5 Å². The third-order valence-corrected chi connectivity index (χ3v) is 6.34. The van der Waals surface area contributed by atoms with Gasteiger partial charge in [0.05, 0.1) is 0 Å². The smallest absolute Gasteiger partial charge is 0.293 e. The molecule has 1 N–H and O–H groups in total. The third kappa shape index (κ3) is 4.83. The van der Waals surface area contributed by atoms with Crippen LogP contribution in [0.3, 0.4) is 0 Å². The number of aryl methyl sites for hydroxylation is 1. The van der Waals surface area contributed by atoms with E-state index >= 15 is 0 Å². The second-order valence-electron chi connectivity index (χ2n) is 7.78. The Morgan fingerprint density at radius 1 is 0.943 bits per heavy atom. The average Bonchev–Trinajstić information content (AvgIpc) is 3.34. The number of benzene rings is 2. The molecule has 0 atom stereocenters. The van der Waals surface area contributed by atoms with Crippen LogP contribution in [0.25, 0.3) is 11.3 Å². The van der Waals surface area contributed by atoms with E-state index in [4.69, 9.17) is 28.2 Å². The van der Waals surface area contributed by atoms with Crippen LogP contribution in [0, 0.1) is 36.0 Å². The molecule has 0 aliphatic carbocycles. The molecule has 1 aliphatic rings. The highest BCUT2D eigenvalue weighted by Gasteiger charge is 2.31. The molecule has 4 rings (SSSR count). The lowest BCUT2D eigenvalue weighted by Crippen LogP contribution is -2.53. The molecule has 3 aromatic rings. The number of piperazine rings is 1. The number of thiocarbonyl (C=S) groups is 1. The van der Waals surface area contributed by atoms with Gasteiger partial charge in [0.15, 0.2) is 34.1 Å². The van der Waals surface area contributed by atoms with E-state index in [9.17, 15) is 26.7 Å². The Labute approximate surface area is 207 Å². The fourth-order valence-electron chi connectivity index (χ4n) is 3.60. The molecule has 1 fully saturated rings. The van der Waals surface area contributed by atoms with E-state index in [0.29, 0.717) is 16.3 Å². The van der Waals surface area contributed by atoms with E-state index in [1.54, 1.807) is 23.1 Å². The van der Waals surface area contributed by atoms with Crippen LogP contribution in [0.1, 0.15) is 16.1 Å². The van der Waals surface area contributed by atoms with Gasteiger partial charge in [-0.05, 0) is 42.9 Å². The van der Waals surface area contributed by atoms with Crippen molar-refractivity contribution < 1.29 is 31.2 Å². The molecule has 0 bridgehead atoms. The maximum atomic E-state index is 14.1. The monoisotopic (exact) mass is 529 g/mol. The van der Waals surface area contributed by atoms with E-state index in [1.165, 1.54) is 6.07 Å². The molecule has 2 aromatic carbocycles. The van der Waals surface area contributed by atoms with Crippen LogP contribution < -0.4 is 10.2 Å². The Bertz CT molecular complexity index is 1300. The minimum atomic E-state index is -2.21. The summed E-state index contributed by atoms with van der Waals surface area (Å²) in [7, 11) is 0. The van der Waals surface area contributed by atoms with Crippen LogP contribution in [-0.4, -0.2) is 42.1 Å². The fourth-order valence-corrected chi connectivity index (χ4v) is 4.06. The Kier molecular flexibility index (Phi) is 7.00. The van der Waals surface area contributed by atoms with Crippen molar-refractivity contribution in [2.24, 2.45) is 0 Å². The molecule has 0 radical (unpaired) electrons. The van der Waals surface area contributed by atoms with Gasteiger partial charge in [0.25, 0.3) is 5.91 Å². The molecule has 5 nitrogen and oxygen atoms in total. The van der Waals surface area contributed by atoms with Crippen LogP contribution in [-0.2, 0) is 0 Å². The molecule has 184 valence electrons. The zero-order valence-corrected chi connectivity index (χ0v) is 19.7. The van der Waals surface area contributed by atoms with Crippen molar-refractivity contribution in [2.75, 3.05) is 31.1 Å². The molecule has 35 heavy (non-hydrogen) atoms. The zero-order valence-electron chi connectivity index (χ0n) is 18.1. The lowest BCUT2D eigenvalue weighted by atomic mass is 10.1. The number of nitrogens with zero attached hydrogens (tertiary/aromatic N) is 2. The van der Waals surface area contributed by atoms with Gasteiger partial charge in [0, 0.05) is 36.8 Å². The van der Waals surface area contributed by atoms with Crippen molar-refractivity contribution in [3.05, 3.63) is 75.8 Å². The first kappa shape index (κ1) is 24.9. The minimum absolute atomic E-state index is 0.000844. The van der Waals surface area contributed by atoms with Gasteiger partial charge >= 0.3 is 0 Å². The first-order chi connectivity index (χ1) is 16.6. The van der Waals surface area contributed by atoms with Crippen molar-refractivity contribution in [3.8, 4) is 11.3 Å². The number of carbonyl (C=O) groups is 1. The molecule has 1 saturated heterocycles. The second kappa shape index (κ2) is 9.82. The van der Waals surface area contributed by atoms with Gasteiger partial charge in [-0.15, -0.1) is 0 Å². The zero-order chi connectivity index (χ0) is 25.4. The summed E-state index contributed by atoms with van der Waals surface area (Å²) in [5.41, 5.74) is 0.590. The van der Waals surface area contributed by atoms with Crippen molar-refractivity contribution in [3.63, 3.8) is 0 Å². The standard InChI is InChI=1S/C23H17ClF5N3O2S/c1-11-2-3-12(10-13(11)24)14-4-5-15(34-14)22(33)30-23(35)32-8-6-31(7-9-32)21-19(28)17(26)16(25)18(27)20(21)29/h2-5,10H,6-9H2,1H3,(H,30,33,35). The number of carbonyl (C=O) groups excluding carboxylic acids is 1. The molecular formula is C23H17ClF5N3O2S. The second-order valence-corrected chi connectivity index (χ2v) is 8.57. The van der Waals surface area contributed by atoms with Gasteiger partial charge in [-0.3, -0.25) is 10.1 Å². The Morgan fingerprint density at radius 3 is 2.14 bits per heavy atom. The highest BCUT2D eigenvalue weighted by Crippen LogP contribution is 2.31. The molecule has 1 aliphatic heterocycles. The number of rotatable bonds is 3. The van der Waals surface area contributed by atoms with Gasteiger partial charge in [-0.25, -0.2) is 22.0 Å². The highest BCUT2D eigenvalue weighted by molar-refractivity contribution is 7.80. The quantitative estimate of drug-likeness (QED) is 0.212. The normalized spacial score (nSPS) is 13.8. The lowest BCUT2D eigenvalue weighted by molar-refractivity contribution is 0.0946. The summed E-state index contributed by atoms with van der Waals surface area (Å²) in [6, 6.07) is 8.42. The average molecular weight is 530 g/mol. The molecule has 1 aromatic heterocycles. The number of anilines is 1. The summed E-state index contributed by atoms with van der Waals surface area (Å²) in [4.78, 5) is 15.2. The topological polar surface area (TPSA) is 48.7 Å². The molecule has 12 heteroatoms. The number of hydrogen-bond donors (Lipinski definition) is 1. The fraction of sp³-hybridized carbons (Fsp3) is 0.217. The van der Waals surface area contributed by atoms with Crippen LogP contribution in [0.2, 0.25) is 5.02 Å². The number of halogens is 6. The maximum absolute atomic E-state index is 14.1. The van der Waals surface area contributed by atoms with E-state index in [2.05, 4.69) is 5.32 Å². The summed E-state index contributed by atoms with van der Waals surface area (Å²) in [5, 5.41) is 3.10. The molecular weight excluding hydrogens is 513 g/mol. The van der Waals surface area contributed by atoms with E-state index in [0.717, 1.165) is 10.5 Å². The largest absolute Gasteiger partial charge is 0.451 e. The van der Waals surface area contributed by atoms with Gasteiger partial charge < -0.3 is 14.2 Å². The van der Waals surface area contributed by atoms with E-state index in [1.807, 2.05) is 13.0 Å². The molecule has 0 spiro atoms. The first-order valence-corrected chi connectivity index (χ1v) is 11.1. The Balaban J connectivity index is 1.39. The van der Waals surface area contributed by atoms with Crippen LogP contribution in [0.5, 0.6) is 0 Å². The summed E-state index contributed by atoms with van der Waals surface area (Å²) < 4.78 is 74.2. The summed E-state index contributed by atoms with van der Waals surface area (Å²) in [6.07, 6.45) is 0. The highest BCUT2D eigenvalue weighted by atomic mass is 35.5. The summed E-state index contributed by atoms with van der Waals surface area (Å²) in [5.74, 6) is -10.2. The van der Waals surface area contributed by atoms with Crippen molar-refractivity contribution in [1.29, 1.82) is 0 Å². The van der Waals surface area contributed by atoms with Gasteiger partial charge in [-0.1, -0.05) is 23.7 Å². The van der Waals surface area contributed by atoms with Crippen molar-refractivity contribution in [1.82, 2.24) is 10.2 Å². The molecule has 1 amide bonds. The predicted octanol–water partition coefficient (Wildman–Crippen LogP) is 5.44. The summed E-state index contributed by atoms with van der Waals surface area (Å²) in [6.45, 7) is 1.83. The Morgan fingerprint density at radius 2 is 1.54 bits per heavy atom. The van der Waals surface area contributed by atoms with Crippen LogP contribution in [0.4, 0.5) is 27.6 Å².